The molecule has 0 saturated carbocycles. The van der Waals surface area contributed by atoms with Gasteiger partial charge in [-0.15, -0.1) is 0 Å². The first kappa shape index (κ1) is 12.0. The zero-order chi connectivity index (χ0) is 10.8. The number of aliphatic hydroxyl groups is 1. The first-order valence-electron chi connectivity index (χ1n) is 5.82. The predicted octanol–water partition coefficient (Wildman–Crippen LogP) is 2.74. The molecule has 14 heavy (non-hydrogen) atoms. The molecule has 1 aliphatic rings. The lowest BCUT2D eigenvalue weighted by Gasteiger charge is -2.46. The Morgan fingerprint density at radius 2 is 2.07 bits per heavy atom. The van der Waals surface area contributed by atoms with E-state index in [0.29, 0.717) is 12.5 Å². The van der Waals surface area contributed by atoms with E-state index in [2.05, 4.69) is 27.7 Å². The zero-order valence-electron chi connectivity index (χ0n) is 9.97. The van der Waals surface area contributed by atoms with E-state index in [0.717, 1.165) is 25.7 Å². The molecule has 2 heteroatoms. The van der Waals surface area contributed by atoms with Gasteiger partial charge in [0, 0.05) is 6.42 Å². The molecule has 3 unspecified atom stereocenters. The summed E-state index contributed by atoms with van der Waals surface area (Å²) >= 11 is 0. The van der Waals surface area contributed by atoms with Crippen molar-refractivity contribution in [3.8, 4) is 0 Å². The smallest absolute Gasteiger partial charge is 0.0722 e. The van der Waals surface area contributed by atoms with E-state index in [4.69, 9.17) is 4.74 Å². The van der Waals surface area contributed by atoms with Crippen LogP contribution in [0.4, 0.5) is 0 Å². The lowest BCUT2D eigenvalue weighted by molar-refractivity contribution is -0.171. The molecule has 1 N–H and O–H groups in total. The van der Waals surface area contributed by atoms with Crippen LogP contribution in [-0.2, 0) is 4.74 Å². The van der Waals surface area contributed by atoms with Crippen molar-refractivity contribution in [2.45, 2.75) is 64.6 Å². The average Bonchev–Trinajstić information content (AvgIpc) is 2.16. The molecule has 0 aromatic rings. The lowest BCUT2D eigenvalue weighted by atomic mass is 9.74. The molecule has 84 valence electrons. The van der Waals surface area contributed by atoms with E-state index in [1.54, 1.807) is 0 Å². The van der Waals surface area contributed by atoms with Crippen molar-refractivity contribution in [2.24, 2.45) is 5.92 Å². The van der Waals surface area contributed by atoms with Gasteiger partial charge in [-0.25, -0.2) is 0 Å². The van der Waals surface area contributed by atoms with Crippen LogP contribution in [0.5, 0.6) is 0 Å². The van der Waals surface area contributed by atoms with Crippen LogP contribution in [0.3, 0.4) is 0 Å². The summed E-state index contributed by atoms with van der Waals surface area (Å²) < 4.78 is 5.74. The van der Waals surface area contributed by atoms with Crippen molar-refractivity contribution in [3.63, 3.8) is 0 Å². The summed E-state index contributed by atoms with van der Waals surface area (Å²) in [6, 6.07) is 0. The minimum atomic E-state index is -0.502. The quantitative estimate of drug-likeness (QED) is 0.759. The van der Waals surface area contributed by atoms with Gasteiger partial charge in [-0.05, 0) is 25.7 Å². The molecule has 0 radical (unpaired) electrons. The van der Waals surface area contributed by atoms with Crippen molar-refractivity contribution in [2.75, 3.05) is 6.61 Å². The number of hydrogen-bond acceptors (Lipinski definition) is 2. The topological polar surface area (TPSA) is 29.5 Å². The second-order valence-electron chi connectivity index (χ2n) is 4.99. The number of hydrogen-bond donors (Lipinski definition) is 1. The maximum Gasteiger partial charge on any atom is 0.0722 e. The summed E-state index contributed by atoms with van der Waals surface area (Å²) in [5.41, 5.74) is -0.617. The highest BCUT2D eigenvalue weighted by atomic mass is 16.5. The fourth-order valence-corrected chi connectivity index (χ4v) is 2.29. The Kier molecular flexibility index (Phi) is 3.59. The molecule has 0 aliphatic carbocycles. The molecule has 1 heterocycles. The van der Waals surface area contributed by atoms with Crippen molar-refractivity contribution in [3.05, 3.63) is 0 Å². The van der Waals surface area contributed by atoms with Crippen LogP contribution in [0.25, 0.3) is 0 Å². The monoisotopic (exact) mass is 200 g/mol. The van der Waals surface area contributed by atoms with Crippen molar-refractivity contribution in [1.29, 1.82) is 0 Å². The van der Waals surface area contributed by atoms with E-state index in [1.807, 2.05) is 0 Å². The van der Waals surface area contributed by atoms with Gasteiger partial charge in [0.25, 0.3) is 0 Å². The SMILES string of the molecule is CCC(C)C1(O)CCOC(C)(CC)C1. The van der Waals surface area contributed by atoms with Crippen LogP contribution in [0.2, 0.25) is 0 Å². The molecule has 3 atom stereocenters. The maximum atomic E-state index is 10.5. The van der Waals surface area contributed by atoms with Gasteiger partial charge in [0.05, 0.1) is 17.8 Å². The van der Waals surface area contributed by atoms with Crippen LogP contribution in [0.15, 0.2) is 0 Å². The summed E-state index contributed by atoms with van der Waals surface area (Å²) in [4.78, 5) is 0. The molecule has 1 fully saturated rings. The Hall–Kier alpha value is -0.0800. The van der Waals surface area contributed by atoms with E-state index in [-0.39, 0.29) is 5.60 Å². The van der Waals surface area contributed by atoms with Gasteiger partial charge in [0.15, 0.2) is 0 Å². The van der Waals surface area contributed by atoms with Gasteiger partial charge >= 0.3 is 0 Å². The zero-order valence-corrected chi connectivity index (χ0v) is 9.97. The first-order valence-corrected chi connectivity index (χ1v) is 5.82. The molecule has 0 bridgehead atoms. The Morgan fingerprint density at radius 3 is 2.57 bits per heavy atom. The molecule has 0 aromatic heterocycles. The third kappa shape index (κ3) is 2.29. The van der Waals surface area contributed by atoms with Crippen LogP contribution >= 0.6 is 0 Å². The fraction of sp³-hybridized carbons (Fsp3) is 1.00. The predicted molar refractivity (Wildman–Crippen MR) is 58.3 cm³/mol. The highest BCUT2D eigenvalue weighted by molar-refractivity contribution is 4.94. The van der Waals surface area contributed by atoms with Gasteiger partial charge in [-0.3, -0.25) is 0 Å². The Balaban J connectivity index is 2.71. The molecule has 2 nitrogen and oxygen atoms in total. The molecule has 1 rings (SSSR count). The summed E-state index contributed by atoms with van der Waals surface area (Å²) in [6.07, 6.45) is 3.59. The Morgan fingerprint density at radius 1 is 1.43 bits per heavy atom. The summed E-state index contributed by atoms with van der Waals surface area (Å²) in [6.45, 7) is 9.22. The van der Waals surface area contributed by atoms with Gasteiger partial charge < -0.3 is 9.84 Å². The average molecular weight is 200 g/mol. The van der Waals surface area contributed by atoms with Gasteiger partial charge in [0.1, 0.15) is 0 Å². The molecular formula is C12H24O2. The van der Waals surface area contributed by atoms with Crippen LogP contribution in [0.1, 0.15) is 53.4 Å². The van der Waals surface area contributed by atoms with Crippen molar-refractivity contribution in [1.82, 2.24) is 0 Å². The van der Waals surface area contributed by atoms with E-state index >= 15 is 0 Å². The number of rotatable bonds is 3. The minimum absolute atomic E-state index is 0.115. The molecule has 0 spiro atoms. The first-order chi connectivity index (χ1) is 6.46. The summed E-state index contributed by atoms with van der Waals surface area (Å²) in [5, 5.41) is 10.5. The fourth-order valence-electron chi connectivity index (χ4n) is 2.29. The van der Waals surface area contributed by atoms with Gasteiger partial charge in [0.2, 0.25) is 0 Å². The maximum absolute atomic E-state index is 10.5. The van der Waals surface area contributed by atoms with Crippen LogP contribution in [0, 0.1) is 5.92 Å². The van der Waals surface area contributed by atoms with Crippen LogP contribution in [-0.4, -0.2) is 22.9 Å². The summed E-state index contributed by atoms with van der Waals surface area (Å²) in [5.74, 6) is 0.372. The third-order valence-electron chi connectivity index (χ3n) is 3.94. The largest absolute Gasteiger partial charge is 0.389 e. The third-order valence-corrected chi connectivity index (χ3v) is 3.94. The van der Waals surface area contributed by atoms with E-state index in [9.17, 15) is 5.11 Å². The minimum Gasteiger partial charge on any atom is -0.389 e. The normalized spacial score (nSPS) is 40.9. The Bertz CT molecular complexity index is 193. The molecule has 1 aliphatic heterocycles. The molecule has 0 amide bonds. The van der Waals surface area contributed by atoms with E-state index < -0.39 is 5.60 Å². The second kappa shape index (κ2) is 4.19. The lowest BCUT2D eigenvalue weighted by Crippen LogP contribution is -2.50. The van der Waals surface area contributed by atoms with Crippen molar-refractivity contribution < 1.29 is 9.84 Å². The molecule has 1 saturated heterocycles. The van der Waals surface area contributed by atoms with Gasteiger partial charge in [-0.2, -0.15) is 0 Å². The highest BCUT2D eigenvalue weighted by Crippen LogP contribution is 2.39. The van der Waals surface area contributed by atoms with Gasteiger partial charge in [-0.1, -0.05) is 27.2 Å². The van der Waals surface area contributed by atoms with Crippen molar-refractivity contribution >= 4 is 0 Å². The molecule has 0 aromatic carbocycles. The highest BCUT2D eigenvalue weighted by Gasteiger charge is 2.43. The second-order valence-corrected chi connectivity index (χ2v) is 4.99. The van der Waals surface area contributed by atoms with Crippen LogP contribution < -0.4 is 0 Å². The number of ether oxygens (including phenoxy) is 1. The standard InChI is InChI=1S/C12H24O2/c1-5-10(3)12(13)7-8-14-11(4,6-2)9-12/h10,13H,5-9H2,1-4H3. The summed E-state index contributed by atoms with van der Waals surface area (Å²) in [7, 11) is 0. The Labute approximate surface area is 87.7 Å². The molecular weight excluding hydrogens is 176 g/mol. The van der Waals surface area contributed by atoms with E-state index in [1.165, 1.54) is 0 Å².